The highest BCUT2D eigenvalue weighted by molar-refractivity contribution is 7.92. The lowest BCUT2D eigenvalue weighted by Gasteiger charge is -2.15. The smallest absolute Gasteiger partial charge is 0.416 e. The molecule has 3 rings (SSSR count). The molecule has 0 radical (unpaired) electrons. The summed E-state index contributed by atoms with van der Waals surface area (Å²) in [5, 5.41) is 0. The number of ether oxygens (including phenoxy) is 1. The Balaban J connectivity index is 1.92. The van der Waals surface area contributed by atoms with Crippen molar-refractivity contribution in [3.05, 3.63) is 78.4 Å². The SMILES string of the molecule is COc1ccc(C(F)(F)F)cc1NS(=O)(=O)c1ccc(-c2ccccc2)cc1. The van der Waals surface area contributed by atoms with E-state index in [4.69, 9.17) is 4.74 Å². The Morgan fingerprint density at radius 3 is 2.04 bits per heavy atom. The topological polar surface area (TPSA) is 55.4 Å². The summed E-state index contributed by atoms with van der Waals surface area (Å²) in [6.45, 7) is 0. The Morgan fingerprint density at radius 2 is 1.46 bits per heavy atom. The molecule has 28 heavy (non-hydrogen) atoms. The number of methoxy groups -OCH3 is 1. The number of nitrogens with one attached hydrogen (secondary N) is 1. The van der Waals surface area contributed by atoms with Crippen molar-refractivity contribution in [1.29, 1.82) is 0 Å². The molecule has 0 aliphatic carbocycles. The molecule has 1 N–H and O–H groups in total. The van der Waals surface area contributed by atoms with Gasteiger partial charge in [0.1, 0.15) is 5.75 Å². The molecule has 4 nitrogen and oxygen atoms in total. The average molecular weight is 407 g/mol. The Hall–Kier alpha value is -3.00. The van der Waals surface area contributed by atoms with Gasteiger partial charge in [-0.2, -0.15) is 13.2 Å². The van der Waals surface area contributed by atoms with Crippen LogP contribution in [0.1, 0.15) is 5.56 Å². The van der Waals surface area contributed by atoms with E-state index < -0.39 is 21.8 Å². The normalized spacial score (nSPS) is 11.9. The van der Waals surface area contributed by atoms with E-state index in [0.717, 1.165) is 23.3 Å². The minimum absolute atomic E-state index is 0.0162. The molecule has 0 saturated heterocycles. The van der Waals surface area contributed by atoms with Crippen molar-refractivity contribution in [3.63, 3.8) is 0 Å². The van der Waals surface area contributed by atoms with Crippen molar-refractivity contribution in [2.75, 3.05) is 11.8 Å². The van der Waals surface area contributed by atoms with E-state index in [1.807, 2.05) is 30.3 Å². The summed E-state index contributed by atoms with van der Waals surface area (Å²) in [6, 6.07) is 18.0. The fourth-order valence-corrected chi connectivity index (χ4v) is 3.69. The summed E-state index contributed by atoms with van der Waals surface area (Å²) in [6.07, 6.45) is -4.61. The van der Waals surface area contributed by atoms with Crippen LogP contribution in [0.15, 0.2) is 77.7 Å². The van der Waals surface area contributed by atoms with E-state index >= 15 is 0 Å². The molecule has 0 atom stereocenters. The van der Waals surface area contributed by atoms with Gasteiger partial charge in [0, 0.05) is 0 Å². The van der Waals surface area contributed by atoms with Crippen molar-refractivity contribution >= 4 is 15.7 Å². The Kier molecular flexibility index (Phi) is 5.33. The lowest BCUT2D eigenvalue weighted by atomic mass is 10.1. The van der Waals surface area contributed by atoms with Crippen LogP contribution in [0, 0.1) is 0 Å². The van der Waals surface area contributed by atoms with Crippen LogP contribution < -0.4 is 9.46 Å². The molecule has 0 aliphatic heterocycles. The van der Waals surface area contributed by atoms with Crippen molar-refractivity contribution in [2.24, 2.45) is 0 Å². The second kappa shape index (κ2) is 7.55. The zero-order valence-electron chi connectivity index (χ0n) is 14.7. The van der Waals surface area contributed by atoms with Gasteiger partial charge in [0.2, 0.25) is 0 Å². The van der Waals surface area contributed by atoms with Crippen LogP contribution in [0.5, 0.6) is 5.75 Å². The van der Waals surface area contributed by atoms with E-state index in [2.05, 4.69) is 4.72 Å². The number of anilines is 1. The van der Waals surface area contributed by atoms with Crippen LogP contribution in [-0.2, 0) is 16.2 Å². The molecule has 3 aromatic rings. The van der Waals surface area contributed by atoms with E-state index in [0.29, 0.717) is 6.07 Å². The Bertz CT molecular complexity index is 1060. The van der Waals surface area contributed by atoms with Gasteiger partial charge in [-0.15, -0.1) is 0 Å². The minimum atomic E-state index is -4.61. The number of sulfonamides is 1. The molecule has 0 saturated carbocycles. The number of hydrogen-bond acceptors (Lipinski definition) is 3. The van der Waals surface area contributed by atoms with Crippen molar-refractivity contribution in [1.82, 2.24) is 0 Å². The quantitative estimate of drug-likeness (QED) is 0.634. The molecule has 0 spiro atoms. The maximum absolute atomic E-state index is 12.9. The summed E-state index contributed by atoms with van der Waals surface area (Å²) in [5.41, 5.74) is 0.463. The van der Waals surface area contributed by atoms with Crippen LogP contribution >= 0.6 is 0 Å². The van der Waals surface area contributed by atoms with Gasteiger partial charge in [-0.3, -0.25) is 4.72 Å². The molecule has 0 aromatic heterocycles. The standard InChI is InChI=1S/C20H16F3NO3S/c1-27-19-12-9-16(20(21,22)23)13-18(19)24-28(25,26)17-10-7-15(8-11-17)14-5-3-2-4-6-14/h2-13,24H,1H3. The highest BCUT2D eigenvalue weighted by Crippen LogP contribution is 2.36. The number of alkyl halides is 3. The first-order valence-electron chi connectivity index (χ1n) is 8.14. The van der Waals surface area contributed by atoms with Gasteiger partial charge < -0.3 is 4.74 Å². The molecule has 0 unspecified atom stereocenters. The summed E-state index contributed by atoms with van der Waals surface area (Å²) >= 11 is 0. The zero-order chi connectivity index (χ0) is 20.4. The van der Waals surface area contributed by atoms with E-state index in [1.54, 1.807) is 12.1 Å². The largest absolute Gasteiger partial charge is 0.495 e. The van der Waals surface area contributed by atoms with Crippen LogP contribution in [0.2, 0.25) is 0 Å². The van der Waals surface area contributed by atoms with Gasteiger partial charge in [-0.05, 0) is 41.5 Å². The number of rotatable bonds is 5. The highest BCUT2D eigenvalue weighted by atomic mass is 32.2. The average Bonchev–Trinajstić information content (AvgIpc) is 2.68. The van der Waals surface area contributed by atoms with E-state index in [-0.39, 0.29) is 16.3 Å². The second-order valence-corrected chi connectivity index (χ2v) is 7.59. The monoisotopic (exact) mass is 407 g/mol. The third kappa shape index (κ3) is 4.28. The summed E-state index contributed by atoms with van der Waals surface area (Å²) in [7, 11) is -2.86. The Labute approximate surface area is 160 Å². The zero-order valence-corrected chi connectivity index (χ0v) is 15.5. The van der Waals surface area contributed by atoms with Gasteiger partial charge in [0.05, 0.1) is 23.3 Å². The minimum Gasteiger partial charge on any atom is -0.495 e. The first-order chi connectivity index (χ1) is 13.2. The van der Waals surface area contributed by atoms with Gasteiger partial charge >= 0.3 is 6.18 Å². The lowest BCUT2D eigenvalue weighted by Crippen LogP contribution is -2.15. The summed E-state index contributed by atoms with van der Waals surface area (Å²) < 4.78 is 71.3. The molecule has 0 heterocycles. The third-order valence-electron chi connectivity index (χ3n) is 4.04. The van der Waals surface area contributed by atoms with Crippen LogP contribution in [0.4, 0.5) is 18.9 Å². The van der Waals surface area contributed by atoms with Crippen molar-refractivity contribution in [2.45, 2.75) is 11.1 Å². The fourth-order valence-electron chi connectivity index (χ4n) is 2.62. The molecule has 8 heteroatoms. The summed E-state index contributed by atoms with van der Waals surface area (Å²) in [4.78, 5) is -0.0772. The number of halogens is 3. The molecule has 0 bridgehead atoms. The van der Waals surface area contributed by atoms with Crippen LogP contribution in [0.3, 0.4) is 0 Å². The maximum atomic E-state index is 12.9. The molecular weight excluding hydrogens is 391 g/mol. The fraction of sp³-hybridized carbons (Fsp3) is 0.100. The van der Waals surface area contributed by atoms with Gasteiger partial charge in [0.25, 0.3) is 10.0 Å². The molecule has 0 fully saturated rings. The van der Waals surface area contributed by atoms with Gasteiger partial charge in [-0.1, -0.05) is 42.5 Å². The van der Waals surface area contributed by atoms with E-state index in [1.165, 1.54) is 19.2 Å². The second-order valence-electron chi connectivity index (χ2n) is 5.91. The molecule has 146 valence electrons. The highest BCUT2D eigenvalue weighted by Gasteiger charge is 2.31. The lowest BCUT2D eigenvalue weighted by molar-refractivity contribution is -0.137. The predicted molar refractivity (Wildman–Crippen MR) is 101 cm³/mol. The molecular formula is C20H16F3NO3S. The first-order valence-corrected chi connectivity index (χ1v) is 9.62. The molecule has 0 amide bonds. The molecule has 0 aliphatic rings. The van der Waals surface area contributed by atoms with Crippen LogP contribution in [-0.4, -0.2) is 15.5 Å². The third-order valence-corrected chi connectivity index (χ3v) is 5.42. The predicted octanol–water partition coefficient (Wildman–Crippen LogP) is 5.18. The van der Waals surface area contributed by atoms with E-state index in [9.17, 15) is 21.6 Å². The summed E-state index contributed by atoms with van der Waals surface area (Å²) in [5.74, 6) is -0.0162. The number of hydrogen-bond donors (Lipinski definition) is 1. The maximum Gasteiger partial charge on any atom is 0.416 e. The van der Waals surface area contributed by atoms with Crippen LogP contribution in [0.25, 0.3) is 11.1 Å². The van der Waals surface area contributed by atoms with Gasteiger partial charge in [-0.25, -0.2) is 8.42 Å². The van der Waals surface area contributed by atoms with Crippen molar-refractivity contribution in [3.8, 4) is 16.9 Å². The van der Waals surface area contributed by atoms with Gasteiger partial charge in [0.15, 0.2) is 0 Å². The number of benzene rings is 3. The Morgan fingerprint density at radius 1 is 0.857 bits per heavy atom. The first kappa shape index (κ1) is 19.8. The molecule has 3 aromatic carbocycles. The van der Waals surface area contributed by atoms with Crippen molar-refractivity contribution < 1.29 is 26.3 Å².